The minimum atomic E-state index is -0.318. The van der Waals surface area contributed by atoms with Crippen LogP contribution in [0.4, 0.5) is 0 Å². The third-order valence-corrected chi connectivity index (χ3v) is 5.59. The molecule has 2 N–H and O–H groups in total. The van der Waals surface area contributed by atoms with Crippen molar-refractivity contribution in [1.29, 1.82) is 0 Å². The van der Waals surface area contributed by atoms with Crippen molar-refractivity contribution in [1.82, 2.24) is 10.9 Å². The number of unbranched alkanes of at least 4 members (excludes halogenated alkanes) is 3. The van der Waals surface area contributed by atoms with Crippen molar-refractivity contribution < 1.29 is 9.59 Å². The summed E-state index contributed by atoms with van der Waals surface area (Å²) in [7, 11) is 0. The summed E-state index contributed by atoms with van der Waals surface area (Å²) >= 11 is 1.40. The first-order chi connectivity index (χ1) is 13.2. The van der Waals surface area contributed by atoms with E-state index in [0.717, 1.165) is 16.5 Å². The number of carbonyl (C=O) groups is 2. The van der Waals surface area contributed by atoms with E-state index in [1.54, 1.807) is 12.1 Å². The SMILES string of the molecule is CCCCCCc1ccc(C(=O)NNC(=O)c2cc3ccccc3s2)cc1. The Morgan fingerprint density at radius 2 is 1.63 bits per heavy atom. The van der Waals surface area contributed by atoms with E-state index in [4.69, 9.17) is 0 Å². The normalized spacial score (nSPS) is 10.7. The number of hydrogen-bond acceptors (Lipinski definition) is 3. The van der Waals surface area contributed by atoms with Crippen LogP contribution in [0.25, 0.3) is 10.1 Å². The number of aryl methyl sites for hydroxylation is 1. The Morgan fingerprint density at radius 3 is 2.37 bits per heavy atom. The number of thiophene rings is 1. The van der Waals surface area contributed by atoms with Crippen LogP contribution in [0.2, 0.25) is 0 Å². The summed E-state index contributed by atoms with van der Waals surface area (Å²) in [5.41, 5.74) is 6.75. The van der Waals surface area contributed by atoms with E-state index in [9.17, 15) is 9.59 Å². The van der Waals surface area contributed by atoms with Gasteiger partial charge in [0.1, 0.15) is 0 Å². The van der Waals surface area contributed by atoms with Crippen LogP contribution in [0.5, 0.6) is 0 Å². The summed E-state index contributed by atoms with van der Waals surface area (Å²) in [5, 5.41) is 1.02. The Labute approximate surface area is 163 Å². The van der Waals surface area contributed by atoms with Gasteiger partial charge in [-0.1, -0.05) is 56.5 Å². The molecular formula is C22H24N2O2S. The van der Waals surface area contributed by atoms with Gasteiger partial charge in [0.05, 0.1) is 4.88 Å². The molecule has 1 aromatic heterocycles. The fourth-order valence-electron chi connectivity index (χ4n) is 2.92. The van der Waals surface area contributed by atoms with Gasteiger partial charge >= 0.3 is 0 Å². The number of hydrazine groups is 1. The van der Waals surface area contributed by atoms with Gasteiger partial charge in [-0.3, -0.25) is 20.4 Å². The van der Waals surface area contributed by atoms with E-state index in [1.807, 2.05) is 42.5 Å². The lowest BCUT2D eigenvalue weighted by atomic mass is 10.0. The zero-order valence-corrected chi connectivity index (χ0v) is 16.3. The lowest BCUT2D eigenvalue weighted by molar-refractivity contribution is 0.0849. The van der Waals surface area contributed by atoms with Gasteiger partial charge in [-0.2, -0.15) is 0 Å². The minimum absolute atomic E-state index is 0.308. The standard InChI is InChI=1S/C22H24N2O2S/c1-2-3-4-5-8-16-11-13-17(14-12-16)21(25)23-24-22(26)20-15-18-9-6-7-10-19(18)27-20/h6-7,9-15H,2-5,8H2,1H3,(H,23,25)(H,24,26). The van der Waals surface area contributed by atoms with Crippen molar-refractivity contribution in [3.05, 3.63) is 70.6 Å². The van der Waals surface area contributed by atoms with Crippen molar-refractivity contribution in [3.8, 4) is 0 Å². The van der Waals surface area contributed by atoms with Gasteiger partial charge < -0.3 is 0 Å². The molecule has 0 bridgehead atoms. The smallest absolute Gasteiger partial charge is 0.267 e. The molecule has 0 radical (unpaired) electrons. The highest BCUT2D eigenvalue weighted by molar-refractivity contribution is 7.20. The fourth-order valence-corrected chi connectivity index (χ4v) is 3.88. The minimum Gasteiger partial charge on any atom is -0.267 e. The Hall–Kier alpha value is -2.66. The number of carbonyl (C=O) groups excluding carboxylic acids is 2. The van der Waals surface area contributed by atoms with Crippen molar-refractivity contribution in [3.63, 3.8) is 0 Å². The second kappa shape index (κ2) is 9.33. The van der Waals surface area contributed by atoms with E-state index >= 15 is 0 Å². The molecule has 0 unspecified atom stereocenters. The van der Waals surface area contributed by atoms with Crippen LogP contribution >= 0.6 is 11.3 Å². The van der Waals surface area contributed by atoms with Crippen LogP contribution in [0, 0.1) is 0 Å². The molecule has 1 heterocycles. The second-order valence-electron chi connectivity index (χ2n) is 6.56. The van der Waals surface area contributed by atoms with Crippen LogP contribution in [0.1, 0.15) is 58.2 Å². The molecule has 140 valence electrons. The van der Waals surface area contributed by atoms with Gasteiger partial charge in [0.25, 0.3) is 11.8 Å². The third kappa shape index (κ3) is 5.17. The molecule has 27 heavy (non-hydrogen) atoms. The van der Waals surface area contributed by atoms with Crippen LogP contribution < -0.4 is 10.9 Å². The molecule has 0 saturated heterocycles. The highest BCUT2D eigenvalue weighted by Gasteiger charge is 2.12. The number of benzene rings is 2. The van der Waals surface area contributed by atoms with E-state index < -0.39 is 0 Å². The number of fused-ring (bicyclic) bond motifs is 1. The van der Waals surface area contributed by atoms with E-state index in [2.05, 4.69) is 17.8 Å². The Morgan fingerprint density at radius 1 is 0.889 bits per heavy atom. The monoisotopic (exact) mass is 380 g/mol. The molecule has 0 aliphatic rings. The molecule has 3 aromatic rings. The highest BCUT2D eigenvalue weighted by atomic mass is 32.1. The molecular weight excluding hydrogens is 356 g/mol. The first-order valence-corrected chi connectivity index (χ1v) is 10.2. The zero-order valence-electron chi connectivity index (χ0n) is 15.5. The maximum atomic E-state index is 12.3. The zero-order chi connectivity index (χ0) is 19.1. The van der Waals surface area contributed by atoms with Crippen LogP contribution in [-0.2, 0) is 6.42 Å². The molecule has 0 aliphatic heterocycles. The molecule has 0 aliphatic carbocycles. The Kier molecular flexibility index (Phi) is 6.60. The fraction of sp³-hybridized carbons (Fsp3) is 0.273. The highest BCUT2D eigenvalue weighted by Crippen LogP contribution is 2.24. The number of hydrogen-bond donors (Lipinski definition) is 2. The van der Waals surface area contributed by atoms with Gasteiger partial charge in [0.15, 0.2) is 0 Å². The van der Waals surface area contributed by atoms with Crippen LogP contribution in [0.15, 0.2) is 54.6 Å². The van der Waals surface area contributed by atoms with Crippen molar-refractivity contribution in [2.24, 2.45) is 0 Å². The van der Waals surface area contributed by atoms with Gasteiger partial charge in [-0.05, 0) is 48.1 Å². The average Bonchev–Trinajstić information content (AvgIpc) is 3.14. The maximum absolute atomic E-state index is 12.3. The predicted octanol–water partition coefficient (Wildman–Crippen LogP) is 5.10. The van der Waals surface area contributed by atoms with E-state index in [0.29, 0.717) is 10.4 Å². The quantitative estimate of drug-likeness (QED) is 0.443. The van der Waals surface area contributed by atoms with Crippen molar-refractivity contribution in [2.45, 2.75) is 39.0 Å². The molecule has 0 spiro atoms. The largest absolute Gasteiger partial charge is 0.279 e. The molecule has 5 heteroatoms. The topological polar surface area (TPSA) is 58.2 Å². The van der Waals surface area contributed by atoms with Gasteiger partial charge in [-0.15, -0.1) is 11.3 Å². The third-order valence-electron chi connectivity index (χ3n) is 4.47. The molecule has 2 amide bonds. The molecule has 4 nitrogen and oxygen atoms in total. The van der Waals surface area contributed by atoms with Gasteiger partial charge in [-0.25, -0.2) is 0 Å². The molecule has 0 atom stereocenters. The lowest BCUT2D eigenvalue weighted by Crippen LogP contribution is -2.41. The molecule has 0 fully saturated rings. The molecule has 2 aromatic carbocycles. The van der Waals surface area contributed by atoms with E-state index in [-0.39, 0.29) is 11.8 Å². The van der Waals surface area contributed by atoms with Crippen LogP contribution in [-0.4, -0.2) is 11.8 Å². The summed E-state index contributed by atoms with van der Waals surface area (Å²) in [6, 6.07) is 17.2. The Balaban J connectivity index is 1.51. The summed E-state index contributed by atoms with van der Waals surface area (Å²) in [6.45, 7) is 2.20. The van der Waals surface area contributed by atoms with Crippen molar-refractivity contribution in [2.75, 3.05) is 0 Å². The Bertz CT molecular complexity index is 882. The predicted molar refractivity (Wildman–Crippen MR) is 111 cm³/mol. The lowest BCUT2D eigenvalue weighted by Gasteiger charge is -2.07. The van der Waals surface area contributed by atoms with Crippen LogP contribution in [0.3, 0.4) is 0 Å². The van der Waals surface area contributed by atoms with Gasteiger partial charge in [0.2, 0.25) is 0 Å². The second-order valence-corrected chi connectivity index (χ2v) is 7.65. The number of nitrogens with one attached hydrogen (secondary N) is 2. The summed E-state index contributed by atoms with van der Waals surface area (Å²) < 4.78 is 1.04. The average molecular weight is 381 g/mol. The first-order valence-electron chi connectivity index (χ1n) is 9.35. The number of rotatable bonds is 7. The maximum Gasteiger partial charge on any atom is 0.279 e. The van der Waals surface area contributed by atoms with Gasteiger partial charge in [0, 0.05) is 10.3 Å². The first kappa shape index (κ1) is 19.1. The summed E-state index contributed by atoms with van der Waals surface area (Å²) in [6.07, 6.45) is 5.93. The summed E-state index contributed by atoms with van der Waals surface area (Å²) in [4.78, 5) is 25.1. The molecule has 0 saturated carbocycles. The summed E-state index contributed by atoms with van der Waals surface area (Å²) in [5.74, 6) is -0.626. The van der Waals surface area contributed by atoms with Crippen molar-refractivity contribution >= 4 is 33.2 Å². The van der Waals surface area contributed by atoms with E-state index in [1.165, 1.54) is 42.6 Å². The number of amides is 2. The molecule has 3 rings (SSSR count).